The van der Waals surface area contributed by atoms with Crippen LogP contribution in [-0.4, -0.2) is 17.6 Å². The maximum Gasteiger partial charge on any atom is 0.419 e. The topological polar surface area (TPSA) is 50.9 Å². The fourth-order valence-electron chi connectivity index (χ4n) is 1.19. The lowest BCUT2D eigenvalue weighted by atomic mass is 10.2. The van der Waals surface area contributed by atoms with Gasteiger partial charge in [-0.05, 0) is 25.5 Å². The van der Waals surface area contributed by atoms with E-state index in [-0.39, 0.29) is 11.9 Å². The minimum atomic E-state index is -4.38. The monoisotopic (exact) mass is 233 g/mol. The van der Waals surface area contributed by atoms with Crippen LogP contribution in [0.5, 0.6) is 0 Å². The number of halogens is 3. The van der Waals surface area contributed by atoms with E-state index in [9.17, 15) is 13.2 Å². The third-order valence-corrected chi connectivity index (χ3v) is 2.01. The largest absolute Gasteiger partial charge is 0.419 e. The summed E-state index contributed by atoms with van der Waals surface area (Å²) in [5, 5.41) is 2.64. The number of hydrogen-bond acceptors (Lipinski definition) is 3. The van der Waals surface area contributed by atoms with Crippen molar-refractivity contribution < 1.29 is 13.2 Å². The van der Waals surface area contributed by atoms with E-state index < -0.39 is 11.7 Å². The van der Waals surface area contributed by atoms with Gasteiger partial charge in [-0.25, -0.2) is 4.98 Å². The Morgan fingerprint density at radius 1 is 1.50 bits per heavy atom. The van der Waals surface area contributed by atoms with Crippen molar-refractivity contribution in [3.8, 4) is 0 Å². The molecule has 0 aliphatic carbocycles. The zero-order chi connectivity index (χ0) is 12.2. The summed E-state index contributed by atoms with van der Waals surface area (Å²) in [7, 11) is 0. The van der Waals surface area contributed by atoms with Crippen molar-refractivity contribution in [3.05, 3.63) is 23.9 Å². The van der Waals surface area contributed by atoms with Crippen molar-refractivity contribution in [3.63, 3.8) is 0 Å². The van der Waals surface area contributed by atoms with Crippen molar-refractivity contribution in [2.24, 2.45) is 5.73 Å². The minimum absolute atomic E-state index is 0.0504. The number of rotatable bonds is 4. The van der Waals surface area contributed by atoms with Crippen LogP contribution in [0.2, 0.25) is 0 Å². The molecule has 0 aromatic carbocycles. The van der Waals surface area contributed by atoms with Crippen LogP contribution in [0.25, 0.3) is 0 Å². The first-order chi connectivity index (χ1) is 7.41. The van der Waals surface area contributed by atoms with Gasteiger partial charge in [-0.2, -0.15) is 13.2 Å². The standard InChI is InChI=1S/C10H14F3N3/c1-7(14)4-6-16-9-8(10(11,12)13)3-2-5-15-9/h2-3,5,7H,4,6,14H2,1H3,(H,15,16). The fourth-order valence-corrected chi connectivity index (χ4v) is 1.19. The number of nitrogens with zero attached hydrogens (tertiary/aromatic N) is 1. The number of alkyl halides is 3. The highest BCUT2D eigenvalue weighted by atomic mass is 19.4. The van der Waals surface area contributed by atoms with Crippen molar-refractivity contribution in [2.45, 2.75) is 25.6 Å². The molecule has 1 atom stereocenters. The summed E-state index contributed by atoms with van der Waals surface area (Å²) in [6.07, 6.45) is -2.47. The van der Waals surface area contributed by atoms with E-state index in [2.05, 4.69) is 10.3 Å². The molecule has 1 heterocycles. The number of aromatic nitrogens is 1. The Kier molecular flexibility index (Phi) is 4.12. The molecule has 1 rings (SSSR count). The number of nitrogens with two attached hydrogens (primary N) is 1. The zero-order valence-electron chi connectivity index (χ0n) is 8.88. The van der Waals surface area contributed by atoms with Gasteiger partial charge in [-0.1, -0.05) is 0 Å². The summed E-state index contributed by atoms with van der Waals surface area (Å²) >= 11 is 0. The van der Waals surface area contributed by atoms with Crippen LogP contribution in [0.15, 0.2) is 18.3 Å². The highest BCUT2D eigenvalue weighted by molar-refractivity contribution is 5.45. The summed E-state index contributed by atoms with van der Waals surface area (Å²) in [6.45, 7) is 2.17. The van der Waals surface area contributed by atoms with E-state index in [1.165, 1.54) is 12.3 Å². The van der Waals surface area contributed by atoms with Crippen molar-refractivity contribution in [2.75, 3.05) is 11.9 Å². The summed E-state index contributed by atoms with van der Waals surface area (Å²) in [5.74, 6) is -0.143. The highest BCUT2D eigenvalue weighted by Crippen LogP contribution is 2.33. The first-order valence-corrected chi connectivity index (χ1v) is 4.93. The quantitative estimate of drug-likeness (QED) is 0.838. The number of nitrogens with one attached hydrogen (secondary N) is 1. The summed E-state index contributed by atoms with van der Waals surface area (Å²) in [5.41, 5.74) is 4.75. The Hall–Kier alpha value is -1.30. The summed E-state index contributed by atoms with van der Waals surface area (Å²) < 4.78 is 37.6. The molecule has 1 unspecified atom stereocenters. The van der Waals surface area contributed by atoms with Gasteiger partial charge >= 0.3 is 6.18 Å². The Bertz CT molecular complexity index is 336. The third kappa shape index (κ3) is 3.69. The van der Waals surface area contributed by atoms with Gasteiger partial charge in [0.2, 0.25) is 0 Å². The predicted molar refractivity (Wildman–Crippen MR) is 56.0 cm³/mol. The third-order valence-electron chi connectivity index (χ3n) is 2.01. The normalized spacial score (nSPS) is 13.6. The first-order valence-electron chi connectivity index (χ1n) is 4.93. The Morgan fingerprint density at radius 3 is 2.75 bits per heavy atom. The molecule has 0 fully saturated rings. The van der Waals surface area contributed by atoms with Gasteiger partial charge in [-0.3, -0.25) is 0 Å². The lowest BCUT2D eigenvalue weighted by Crippen LogP contribution is -2.20. The molecule has 0 spiro atoms. The second-order valence-electron chi connectivity index (χ2n) is 3.59. The summed E-state index contributed by atoms with van der Waals surface area (Å²) in [6, 6.07) is 2.21. The summed E-state index contributed by atoms with van der Waals surface area (Å²) in [4.78, 5) is 3.67. The molecule has 1 aromatic heterocycles. The molecule has 6 heteroatoms. The number of pyridine rings is 1. The van der Waals surface area contributed by atoms with Crippen LogP contribution < -0.4 is 11.1 Å². The average molecular weight is 233 g/mol. The molecule has 16 heavy (non-hydrogen) atoms. The van der Waals surface area contributed by atoms with Gasteiger partial charge in [0.15, 0.2) is 0 Å². The molecule has 3 N–H and O–H groups in total. The molecule has 90 valence electrons. The van der Waals surface area contributed by atoms with Gasteiger partial charge in [0.05, 0.1) is 5.56 Å². The molecule has 3 nitrogen and oxygen atoms in total. The van der Waals surface area contributed by atoms with Gasteiger partial charge in [0, 0.05) is 18.8 Å². The van der Waals surface area contributed by atoms with E-state index >= 15 is 0 Å². The molecule has 0 amide bonds. The molecule has 0 radical (unpaired) electrons. The van der Waals surface area contributed by atoms with E-state index in [1.807, 2.05) is 0 Å². The van der Waals surface area contributed by atoms with Gasteiger partial charge in [0.1, 0.15) is 5.82 Å². The molecule has 0 aliphatic heterocycles. The Balaban J connectivity index is 2.72. The number of hydrogen-bond donors (Lipinski definition) is 2. The van der Waals surface area contributed by atoms with Gasteiger partial charge in [0.25, 0.3) is 0 Å². The van der Waals surface area contributed by atoms with Crippen molar-refractivity contribution in [1.82, 2.24) is 4.98 Å². The van der Waals surface area contributed by atoms with Crippen LogP contribution in [0.4, 0.5) is 19.0 Å². The molecule has 0 saturated carbocycles. The van der Waals surface area contributed by atoms with Crippen LogP contribution in [0.3, 0.4) is 0 Å². The lowest BCUT2D eigenvalue weighted by Gasteiger charge is -2.13. The van der Waals surface area contributed by atoms with Crippen LogP contribution in [0, 0.1) is 0 Å². The maximum absolute atomic E-state index is 12.5. The van der Waals surface area contributed by atoms with E-state index in [0.717, 1.165) is 6.07 Å². The molecular weight excluding hydrogens is 219 g/mol. The van der Waals surface area contributed by atoms with E-state index in [4.69, 9.17) is 5.73 Å². The van der Waals surface area contributed by atoms with Crippen LogP contribution in [-0.2, 0) is 6.18 Å². The van der Waals surface area contributed by atoms with Crippen molar-refractivity contribution >= 4 is 5.82 Å². The molecule has 0 bridgehead atoms. The van der Waals surface area contributed by atoms with Gasteiger partial charge < -0.3 is 11.1 Å². The Morgan fingerprint density at radius 2 is 2.19 bits per heavy atom. The average Bonchev–Trinajstić information content (AvgIpc) is 2.16. The van der Waals surface area contributed by atoms with Gasteiger partial charge in [-0.15, -0.1) is 0 Å². The second kappa shape index (κ2) is 5.16. The predicted octanol–water partition coefficient (Wildman–Crippen LogP) is 2.25. The molecule has 1 aromatic rings. The highest BCUT2D eigenvalue weighted by Gasteiger charge is 2.33. The smallest absolute Gasteiger partial charge is 0.370 e. The zero-order valence-corrected chi connectivity index (χ0v) is 8.88. The Labute approximate surface area is 91.9 Å². The SMILES string of the molecule is CC(N)CCNc1ncccc1C(F)(F)F. The first kappa shape index (κ1) is 12.8. The van der Waals surface area contributed by atoms with E-state index in [0.29, 0.717) is 13.0 Å². The van der Waals surface area contributed by atoms with Crippen LogP contribution >= 0.6 is 0 Å². The maximum atomic E-state index is 12.5. The second-order valence-corrected chi connectivity index (χ2v) is 3.59. The lowest BCUT2D eigenvalue weighted by molar-refractivity contribution is -0.137. The van der Waals surface area contributed by atoms with E-state index in [1.54, 1.807) is 6.92 Å². The molecular formula is C10H14F3N3. The molecule has 0 aliphatic rings. The van der Waals surface area contributed by atoms with Crippen LogP contribution in [0.1, 0.15) is 18.9 Å². The van der Waals surface area contributed by atoms with Crippen molar-refractivity contribution in [1.29, 1.82) is 0 Å². The number of anilines is 1. The fraction of sp³-hybridized carbons (Fsp3) is 0.500. The molecule has 0 saturated heterocycles. The minimum Gasteiger partial charge on any atom is -0.370 e.